The third-order valence-electron chi connectivity index (χ3n) is 5.83. The number of benzene rings is 2. The van der Waals surface area contributed by atoms with Gasteiger partial charge in [-0.3, -0.25) is 4.79 Å². The van der Waals surface area contributed by atoms with Gasteiger partial charge in [0.2, 0.25) is 0 Å². The average Bonchev–Trinajstić information content (AvgIpc) is 2.70. The predicted molar refractivity (Wildman–Crippen MR) is 113 cm³/mol. The van der Waals surface area contributed by atoms with Crippen molar-refractivity contribution in [1.82, 2.24) is 9.80 Å². The molecule has 2 aromatic carbocycles. The van der Waals surface area contributed by atoms with Crippen LogP contribution in [0.3, 0.4) is 0 Å². The first-order valence-electron chi connectivity index (χ1n) is 9.71. The van der Waals surface area contributed by atoms with Gasteiger partial charge < -0.3 is 15.1 Å². The van der Waals surface area contributed by atoms with Gasteiger partial charge in [-0.25, -0.2) is 8.78 Å². The second-order valence-electron chi connectivity index (χ2n) is 7.95. The van der Waals surface area contributed by atoms with Crippen LogP contribution in [-0.4, -0.2) is 46.4 Å². The molecule has 0 atom stereocenters. The van der Waals surface area contributed by atoms with Gasteiger partial charge in [0.15, 0.2) is 10.9 Å². The number of nitrogens with one attached hydrogen (secondary N) is 1. The standard InChI is InChI=1S/C22H23F2N3OS/c1-26(14-15-2-4-16(23)5-3-15)21(29)27-10-8-22(9-11-27)13-20(28)18-12-17(24)6-7-19(18)25-22/h2-7,12,25H,8-11,13-14H2,1H3. The molecule has 2 aliphatic heterocycles. The van der Waals surface area contributed by atoms with Gasteiger partial charge in [0.1, 0.15) is 11.6 Å². The van der Waals surface area contributed by atoms with Crippen molar-refractivity contribution in [2.24, 2.45) is 0 Å². The molecule has 0 amide bonds. The Morgan fingerprint density at radius 2 is 1.79 bits per heavy atom. The van der Waals surface area contributed by atoms with E-state index < -0.39 is 0 Å². The SMILES string of the molecule is CN(Cc1ccc(F)cc1)C(=S)N1CCC2(CC1)CC(=O)c1cc(F)ccc1N2. The number of fused-ring (bicyclic) bond motifs is 1. The van der Waals surface area contributed by atoms with E-state index in [0.717, 1.165) is 36.6 Å². The third-order valence-corrected chi connectivity index (χ3v) is 6.40. The van der Waals surface area contributed by atoms with Gasteiger partial charge >= 0.3 is 0 Å². The van der Waals surface area contributed by atoms with Crippen molar-refractivity contribution < 1.29 is 13.6 Å². The molecule has 4 nitrogen and oxygen atoms in total. The number of carbonyl (C=O) groups excluding carboxylic acids is 1. The predicted octanol–water partition coefficient (Wildman–Crippen LogP) is 4.21. The lowest BCUT2D eigenvalue weighted by Gasteiger charge is -2.46. The quantitative estimate of drug-likeness (QED) is 0.744. The fourth-order valence-electron chi connectivity index (χ4n) is 4.19. The molecule has 0 unspecified atom stereocenters. The van der Waals surface area contributed by atoms with E-state index in [0.29, 0.717) is 24.2 Å². The van der Waals surface area contributed by atoms with Crippen LogP contribution in [0.15, 0.2) is 42.5 Å². The molecule has 0 bridgehead atoms. The number of thiocarbonyl (C=S) groups is 1. The molecular formula is C22H23F2N3OS. The Labute approximate surface area is 174 Å². The highest BCUT2D eigenvalue weighted by Gasteiger charge is 2.41. The van der Waals surface area contributed by atoms with Gasteiger partial charge in [-0.1, -0.05) is 12.1 Å². The second kappa shape index (κ2) is 7.71. The lowest BCUT2D eigenvalue weighted by molar-refractivity contribution is 0.0922. The summed E-state index contributed by atoms with van der Waals surface area (Å²) in [6.07, 6.45) is 1.93. The van der Waals surface area contributed by atoms with Gasteiger partial charge in [0, 0.05) is 49.9 Å². The van der Waals surface area contributed by atoms with Crippen LogP contribution >= 0.6 is 12.2 Å². The molecule has 0 aromatic heterocycles. The first-order chi connectivity index (χ1) is 13.8. The topological polar surface area (TPSA) is 35.6 Å². The van der Waals surface area contributed by atoms with Crippen molar-refractivity contribution >= 4 is 28.8 Å². The minimum atomic E-state index is -0.390. The van der Waals surface area contributed by atoms with Crippen molar-refractivity contribution in [2.45, 2.75) is 31.3 Å². The number of anilines is 1. The Balaban J connectivity index is 1.39. The van der Waals surface area contributed by atoms with E-state index in [-0.39, 0.29) is 23.0 Å². The number of hydrogen-bond donors (Lipinski definition) is 1. The van der Waals surface area contributed by atoms with Crippen LogP contribution in [0.25, 0.3) is 0 Å². The molecule has 7 heteroatoms. The molecule has 0 aliphatic carbocycles. The Morgan fingerprint density at radius 1 is 1.14 bits per heavy atom. The van der Waals surface area contributed by atoms with E-state index in [4.69, 9.17) is 12.2 Å². The second-order valence-corrected chi connectivity index (χ2v) is 8.31. The number of Topliss-reactive ketones (excluding diaryl/α,β-unsaturated/α-hetero) is 1. The number of rotatable bonds is 2. The van der Waals surface area contributed by atoms with E-state index in [1.165, 1.54) is 24.3 Å². The molecule has 1 N–H and O–H groups in total. The van der Waals surface area contributed by atoms with Crippen LogP contribution in [0, 0.1) is 11.6 Å². The molecule has 1 fully saturated rings. The molecule has 1 saturated heterocycles. The van der Waals surface area contributed by atoms with Gasteiger partial charge in [-0.15, -0.1) is 0 Å². The number of piperidine rings is 1. The Morgan fingerprint density at radius 3 is 2.48 bits per heavy atom. The maximum atomic E-state index is 13.5. The van der Waals surface area contributed by atoms with Gasteiger partial charge in [0.05, 0.1) is 0 Å². The maximum absolute atomic E-state index is 13.5. The van der Waals surface area contributed by atoms with Gasteiger partial charge in [0.25, 0.3) is 0 Å². The van der Waals surface area contributed by atoms with E-state index in [2.05, 4.69) is 10.2 Å². The minimum Gasteiger partial charge on any atom is -0.378 e. The Kier molecular flexibility index (Phi) is 5.25. The number of ketones is 1. The van der Waals surface area contributed by atoms with Gasteiger partial charge in [-0.2, -0.15) is 0 Å². The Hall–Kier alpha value is -2.54. The largest absolute Gasteiger partial charge is 0.378 e. The molecule has 2 aromatic rings. The van der Waals surface area contributed by atoms with E-state index in [9.17, 15) is 13.6 Å². The van der Waals surface area contributed by atoms with Crippen molar-refractivity contribution in [3.05, 3.63) is 65.2 Å². The molecule has 2 heterocycles. The first-order valence-corrected chi connectivity index (χ1v) is 10.1. The molecule has 4 rings (SSSR count). The fourth-order valence-corrected chi connectivity index (χ4v) is 4.44. The summed E-state index contributed by atoms with van der Waals surface area (Å²) in [5, 5.41) is 4.24. The maximum Gasteiger partial charge on any atom is 0.171 e. The molecule has 2 aliphatic rings. The zero-order chi connectivity index (χ0) is 20.6. The van der Waals surface area contributed by atoms with Crippen LogP contribution in [0.5, 0.6) is 0 Å². The number of likely N-dealkylation sites (tertiary alicyclic amines) is 1. The number of carbonyl (C=O) groups is 1. The van der Waals surface area contributed by atoms with Crippen LogP contribution in [0.2, 0.25) is 0 Å². The normalized spacial score (nSPS) is 17.6. The number of halogens is 2. The molecular weight excluding hydrogens is 392 g/mol. The fraction of sp³-hybridized carbons (Fsp3) is 0.364. The molecule has 152 valence electrons. The number of nitrogens with zero attached hydrogens (tertiary/aromatic N) is 2. The van der Waals surface area contributed by atoms with Crippen LogP contribution in [0.1, 0.15) is 35.2 Å². The monoisotopic (exact) mass is 415 g/mol. The van der Waals surface area contributed by atoms with Crippen molar-refractivity contribution in [2.75, 3.05) is 25.5 Å². The first kappa shape index (κ1) is 19.8. The van der Waals surface area contributed by atoms with E-state index in [1.54, 1.807) is 18.2 Å². The summed E-state index contributed by atoms with van der Waals surface area (Å²) in [6, 6.07) is 10.8. The summed E-state index contributed by atoms with van der Waals surface area (Å²) in [4.78, 5) is 16.7. The summed E-state index contributed by atoms with van der Waals surface area (Å²) < 4.78 is 26.6. The lowest BCUT2D eigenvalue weighted by atomic mass is 9.78. The minimum absolute atomic E-state index is 0.0114. The zero-order valence-electron chi connectivity index (χ0n) is 16.3. The lowest BCUT2D eigenvalue weighted by Crippen LogP contribution is -2.55. The molecule has 1 spiro atoms. The summed E-state index contributed by atoms with van der Waals surface area (Å²) in [7, 11) is 1.93. The summed E-state index contributed by atoms with van der Waals surface area (Å²) in [5.41, 5.74) is 1.84. The summed E-state index contributed by atoms with van der Waals surface area (Å²) in [6.45, 7) is 2.09. The van der Waals surface area contributed by atoms with Crippen LogP contribution in [0.4, 0.5) is 14.5 Å². The highest BCUT2D eigenvalue weighted by molar-refractivity contribution is 7.80. The highest BCUT2D eigenvalue weighted by Crippen LogP contribution is 2.37. The van der Waals surface area contributed by atoms with Crippen molar-refractivity contribution in [3.8, 4) is 0 Å². The van der Waals surface area contributed by atoms with E-state index in [1.807, 2.05) is 11.9 Å². The zero-order valence-corrected chi connectivity index (χ0v) is 17.1. The number of hydrogen-bond acceptors (Lipinski definition) is 3. The van der Waals surface area contributed by atoms with Crippen LogP contribution in [-0.2, 0) is 6.54 Å². The Bertz CT molecular complexity index is 940. The molecule has 0 saturated carbocycles. The van der Waals surface area contributed by atoms with Crippen molar-refractivity contribution in [1.29, 1.82) is 0 Å². The summed E-state index contributed by atoms with van der Waals surface area (Å²) >= 11 is 5.66. The van der Waals surface area contributed by atoms with Crippen LogP contribution < -0.4 is 5.32 Å². The van der Waals surface area contributed by atoms with Gasteiger partial charge in [-0.05, 0) is 61.0 Å². The third kappa shape index (κ3) is 4.10. The van der Waals surface area contributed by atoms with Crippen molar-refractivity contribution in [3.63, 3.8) is 0 Å². The molecule has 0 radical (unpaired) electrons. The average molecular weight is 416 g/mol. The molecule has 29 heavy (non-hydrogen) atoms. The summed E-state index contributed by atoms with van der Waals surface area (Å²) in [5.74, 6) is -0.652. The van der Waals surface area contributed by atoms with E-state index >= 15 is 0 Å². The highest BCUT2D eigenvalue weighted by atomic mass is 32.1. The smallest absolute Gasteiger partial charge is 0.171 e.